The van der Waals surface area contributed by atoms with Crippen LogP contribution in [0.1, 0.15) is 12.0 Å². The average Bonchev–Trinajstić information content (AvgIpc) is 2.16. The largest absolute Gasteiger partial charge is 0.492 e. The molecule has 0 radical (unpaired) electrons. The lowest BCUT2D eigenvalue weighted by atomic mass is 10.2. The molecule has 0 saturated heterocycles. The van der Waals surface area contributed by atoms with Crippen molar-refractivity contribution in [2.75, 3.05) is 20.0 Å². The molecule has 0 amide bonds. The molecule has 6 heteroatoms. The SMILES string of the molecule is COc1cnc(N)c(C(F)F)c1OC. The number of pyridine rings is 1. The first kappa shape index (κ1) is 10.5. The van der Waals surface area contributed by atoms with Gasteiger partial charge in [-0.2, -0.15) is 0 Å². The molecule has 0 atom stereocenters. The molecule has 0 saturated carbocycles. The molecule has 14 heavy (non-hydrogen) atoms. The normalized spacial score (nSPS) is 10.4. The van der Waals surface area contributed by atoms with Crippen molar-refractivity contribution < 1.29 is 18.3 Å². The highest BCUT2D eigenvalue weighted by Crippen LogP contribution is 2.39. The van der Waals surface area contributed by atoms with E-state index in [9.17, 15) is 8.78 Å². The maximum absolute atomic E-state index is 12.5. The molecule has 0 aliphatic carbocycles. The number of hydrogen-bond acceptors (Lipinski definition) is 4. The summed E-state index contributed by atoms with van der Waals surface area (Å²) >= 11 is 0. The van der Waals surface area contributed by atoms with Crippen LogP contribution in [0.25, 0.3) is 0 Å². The van der Waals surface area contributed by atoms with Gasteiger partial charge in [-0.15, -0.1) is 0 Å². The van der Waals surface area contributed by atoms with Crippen molar-refractivity contribution in [3.8, 4) is 11.5 Å². The summed E-state index contributed by atoms with van der Waals surface area (Å²) < 4.78 is 34.7. The molecule has 0 fully saturated rings. The van der Waals surface area contributed by atoms with Gasteiger partial charge in [-0.3, -0.25) is 0 Å². The van der Waals surface area contributed by atoms with Crippen molar-refractivity contribution in [3.63, 3.8) is 0 Å². The number of alkyl halides is 2. The Morgan fingerprint density at radius 1 is 1.36 bits per heavy atom. The highest BCUT2D eigenvalue weighted by molar-refractivity contribution is 5.56. The molecule has 0 bridgehead atoms. The van der Waals surface area contributed by atoms with Gasteiger partial charge in [0, 0.05) is 0 Å². The maximum Gasteiger partial charge on any atom is 0.271 e. The van der Waals surface area contributed by atoms with Crippen molar-refractivity contribution in [2.24, 2.45) is 0 Å². The van der Waals surface area contributed by atoms with Crippen LogP contribution in [-0.2, 0) is 0 Å². The molecule has 2 N–H and O–H groups in total. The minimum atomic E-state index is -2.74. The number of ether oxygens (including phenoxy) is 2. The number of nitrogens with zero attached hydrogens (tertiary/aromatic N) is 1. The summed E-state index contributed by atoms with van der Waals surface area (Å²) in [5.74, 6) is -0.190. The third-order valence-electron chi connectivity index (χ3n) is 1.71. The first-order valence-electron chi connectivity index (χ1n) is 3.76. The Labute approximate surface area is 79.6 Å². The van der Waals surface area contributed by atoms with E-state index in [0.29, 0.717) is 0 Å². The highest BCUT2D eigenvalue weighted by atomic mass is 19.3. The number of nitrogens with two attached hydrogens (primary N) is 1. The summed E-state index contributed by atoms with van der Waals surface area (Å²) in [4.78, 5) is 3.57. The van der Waals surface area contributed by atoms with Crippen LogP contribution >= 0.6 is 0 Å². The van der Waals surface area contributed by atoms with Crippen LogP contribution in [-0.4, -0.2) is 19.2 Å². The molecule has 0 aliphatic rings. The summed E-state index contributed by atoms with van der Waals surface area (Å²) in [6.45, 7) is 0. The van der Waals surface area contributed by atoms with Crippen molar-refractivity contribution >= 4 is 5.82 Å². The van der Waals surface area contributed by atoms with E-state index in [4.69, 9.17) is 15.2 Å². The summed E-state index contributed by atoms with van der Waals surface area (Å²) in [7, 11) is 2.61. The third kappa shape index (κ3) is 1.68. The average molecular weight is 204 g/mol. The fraction of sp³-hybridized carbons (Fsp3) is 0.375. The maximum atomic E-state index is 12.5. The predicted octanol–water partition coefficient (Wildman–Crippen LogP) is 1.62. The smallest absolute Gasteiger partial charge is 0.271 e. The fourth-order valence-corrected chi connectivity index (χ4v) is 1.07. The molecule has 0 aliphatic heterocycles. The lowest BCUT2D eigenvalue weighted by molar-refractivity contribution is 0.146. The third-order valence-corrected chi connectivity index (χ3v) is 1.71. The monoisotopic (exact) mass is 204 g/mol. The van der Waals surface area contributed by atoms with Crippen LogP contribution in [0.15, 0.2) is 6.20 Å². The number of aromatic nitrogens is 1. The summed E-state index contributed by atoms with van der Waals surface area (Å²) in [5.41, 5.74) is 4.86. The van der Waals surface area contributed by atoms with Crippen molar-refractivity contribution in [1.29, 1.82) is 0 Å². The zero-order chi connectivity index (χ0) is 10.7. The Hall–Kier alpha value is -1.59. The molecular formula is C8H10F2N2O2. The topological polar surface area (TPSA) is 57.4 Å². The molecule has 78 valence electrons. The molecule has 1 heterocycles. The van der Waals surface area contributed by atoms with Crippen molar-refractivity contribution in [1.82, 2.24) is 4.98 Å². The van der Waals surface area contributed by atoms with Gasteiger partial charge in [0.25, 0.3) is 6.43 Å². The number of anilines is 1. The Balaban J connectivity index is 3.35. The van der Waals surface area contributed by atoms with Crippen LogP contribution in [0.4, 0.5) is 14.6 Å². The molecule has 0 spiro atoms. The number of nitrogen functional groups attached to an aromatic ring is 1. The molecular weight excluding hydrogens is 194 g/mol. The lowest BCUT2D eigenvalue weighted by Gasteiger charge is -2.12. The number of methoxy groups -OCH3 is 2. The van der Waals surface area contributed by atoms with Gasteiger partial charge >= 0.3 is 0 Å². The minimum absolute atomic E-state index is 0.0741. The van der Waals surface area contributed by atoms with Gasteiger partial charge in [0.15, 0.2) is 11.5 Å². The van der Waals surface area contributed by atoms with E-state index in [-0.39, 0.29) is 17.3 Å². The van der Waals surface area contributed by atoms with Gasteiger partial charge in [-0.25, -0.2) is 13.8 Å². The Bertz CT molecular complexity index is 331. The predicted molar refractivity (Wildman–Crippen MR) is 46.7 cm³/mol. The standard InChI is InChI=1S/C8H10F2N2O2/c1-13-4-3-12-8(11)5(7(9)10)6(4)14-2/h3,7H,1-2H3,(H2,11,12). The Morgan fingerprint density at radius 3 is 2.43 bits per heavy atom. The van der Waals surface area contributed by atoms with E-state index in [2.05, 4.69) is 4.98 Å². The first-order valence-corrected chi connectivity index (χ1v) is 3.76. The van der Waals surface area contributed by atoms with E-state index in [0.717, 1.165) is 0 Å². The zero-order valence-electron chi connectivity index (χ0n) is 7.75. The van der Waals surface area contributed by atoms with Crippen LogP contribution in [0.5, 0.6) is 11.5 Å². The fourth-order valence-electron chi connectivity index (χ4n) is 1.07. The van der Waals surface area contributed by atoms with Crippen molar-refractivity contribution in [2.45, 2.75) is 6.43 Å². The zero-order valence-corrected chi connectivity index (χ0v) is 7.75. The summed E-state index contributed by atoms with van der Waals surface area (Å²) in [5, 5.41) is 0. The second-order valence-corrected chi connectivity index (χ2v) is 2.46. The van der Waals surface area contributed by atoms with Crippen LogP contribution < -0.4 is 15.2 Å². The molecule has 4 nitrogen and oxygen atoms in total. The number of hydrogen-bond donors (Lipinski definition) is 1. The number of halogens is 2. The van der Waals surface area contributed by atoms with Gasteiger partial charge in [-0.05, 0) is 0 Å². The number of rotatable bonds is 3. The minimum Gasteiger partial charge on any atom is -0.492 e. The highest BCUT2D eigenvalue weighted by Gasteiger charge is 2.22. The Morgan fingerprint density at radius 2 is 2.00 bits per heavy atom. The summed E-state index contributed by atoms with van der Waals surface area (Å²) in [6, 6.07) is 0. The van der Waals surface area contributed by atoms with E-state index < -0.39 is 12.0 Å². The lowest BCUT2D eigenvalue weighted by Crippen LogP contribution is -2.03. The summed E-state index contributed by atoms with van der Waals surface area (Å²) in [6.07, 6.45) is -1.51. The van der Waals surface area contributed by atoms with Gasteiger partial charge < -0.3 is 15.2 Å². The molecule has 1 aromatic rings. The van der Waals surface area contributed by atoms with Crippen LogP contribution in [0, 0.1) is 0 Å². The van der Waals surface area contributed by atoms with Crippen LogP contribution in [0.2, 0.25) is 0 Å². The first-order chi connectivity index (χ1) is 6.61. The van der Waals surface area contributed by atoms with Crippen LogP contribution in [0.3, 0.4) is 0 Å². The van der Waals surface area contributed by atoms with E-state index >= 15 is 0 Å². The molecule has 0 unspecified atom stereocenters. The van der Waals surface area contributed by atoms with E-state index in [1.54, 1.807) is 0 Å². The second kappa shape index (κ2) is 4.08. The van der Waals surface area contributed by atoms with Crippen molar-refractivity contribution in [3.05, 3.63) is 11.8 Å². The van der Waals surface area contributed by atoms with Gasteiger partial charge in [0.05, 0.1) is 20.4 Å². The van der Waals surface area contributed by atoms with Gasteiger partial charge in [0.2, 0.25) is 0 Å². The van der Waals surface area contributed by atoms with Gasteiger partial charge in [0.1, 0.15) is 11.4 Å². The van der Waals surface area contributed by atoms with Gasteiger partial charge in [-0.1, -0.05) is 0 Å². The molecule has 0 aromatic carbocycles. The van der Waals surface area contributed by atoms with E-state index in [1.807, 2.05) is 0 Å². The quantitative estimate of drug-likeness (QED) is 0.812. The molecule has 1 rings (SSSR count). The van der Waals surface area contributed by atoms with E-state index in [1.165, 1.54) is 20.4 Å². The Kier molecular flexibility index (Phi) is 3.06. The molecule has 1 aromatic heterocycles. The second-order valence-electron chi connectivity index (χ2n) is 2.46.